The molecular formula is C12H20BrN3S. The Bertz CT molecular complexity index is 355. The van der Waals surface area contributed by atoms with Crippen LogP contribution < -0.4 is 10.2 Å². The number of thiophene rings is 1. The van der Waals surface area contributed by atoms with E-state index in [1.165, 1.54) is 21.8 Å². The van der Waals surface area contributed by atoms with Gasteiger partial charge in [-0.3, -0.25) is 0 Å². The second-order valence-corrected chi connectivity index (χ2v) is 7.07. The molecule has 1 saturated heterocycles. The molecule has 2 heterocycles. The summed E-state index contributed by atoms with van der Waals surface area (Å²) in [6, 6.07) is 4.97. The number of nitrogens with one attached hydrogen (secondary N) is 1. The number of nitrogens with zero attached hydrogens (tertiary/aromatic N) is 2. The van der Waals surface area contributed by atoms with Crippen molar-refractivity contribution in [3.8, 4) is 0 Å². The first kappa shape index (κ1) is 13.3. The van der Waals surface area contributed by atoms with Crippen LogP contribution in [0, 0.1) is 0 Å². The van der Waals surface area contributed by atoms with Gasteiger partial charge in [0, 0.05) is 39.3 Å². The van der Waals surface area contributed by atoms with Gasteiger partial charge in [0.2, 0.25) is 0 Å². The van der Waals surface area contributed by atoms with Crippen LogP contribution in [0.5, 0.6) is 0 Å². The number of halogens is 1. The van der Waals surface area contributed by atoms with Crippen LogP contribution in [0.25, 0.3) is 0 Å². The first-order valence-electron chi connectivity index (χ1n) is 6.04. The van der Waals surface area contributed by atoms with E-state index >= 15 is 0 Å². The van der Waals surface area contributed by atoms with Crippen molar-refractivity contribution in [1.29, 1.82) is 0 Å². The smallest absolute Gasteiger partial charge is 0.0917 e. The van der Waals surface area contributed by atoms with Gasteiger partial charge in [-0.25, -0.2) is 0 Å². The number of rotatable bonds is 4. The monoisotopic (exact) mass is 317 g/mol. The van der Waals surface area contributed by atoms with Crippen LogP contribution in [0.2, 0.25) is 0 Å². The minimum Gasteiger partial charge on any atom is -0.366 e. The van der Waals surface area contributed by atoms with Gasteiger partial charge in [0.25, 0.3) is 0 Å². The van der Waals surface area contributed by atoms with Gasteiger partial charge in [-0.15, -0.1) is 11.3 Å². The summed E-state index contributed by atoms with van der Waals surface area (Å²) < 4.78 is 1.20. The molecule has 0 radical (unpaired) electrons. The van der Waals surface area contributed by atoms with Crippen LogP contribution >= 0.6 is 27.3 Å². The Morgan fingerprint density at radius 3 is 3.06 bits per heavy atom. The van der Waals surface area contributed by atoms with Gasteiger partial charge in [-0.2, -0.15) is 0 Å². The minimum absolute atomic E-state index is 0.676. The van der Waals surface area contributed by atoms with E-state index in [1.54, 1.807) is 11.3 Å². The number of piperazine rings is 1. The van der Waals surface area contributed by atoms with Crippen LogP contribution in [0.15, 0.2) is 15.9 Å². The Hall–Kier alpha value is -0.100. The van der Waals surface area contributed by atoms with Gasteiger partial charge < -0.3 is 15.1 Å². The lowest BCUT2D eigenvalue weighted by Gasteiger charge is -2.34. The number of likely N-dealkylation sites (N-methyl/N-ethyl adjacent to an activating group) is 1. The topological polar surface area (TPSA) is 18.5 Å². The Kier molecular flexibility index (Phi) is 4.85. The quantitative estimate of drug-likeness (QED) is 0.918. The first-order chi connectivity index (χ1) is 8.16. The fourth-order valence-corrected chi connectivity index (χ4v) is 3.50. The van der Waals surface area contributed by atoms with Gasteiger partial charge in [0.05, 0.1) is 8.79 Å². The summed E-state index contributed by atoms with van der Waals surface area (Å²) in [7, 11) is 4.40. The fourth-order valence-electron chi connectivity index (χ4n) is 2.15. The van der Waals surface area contributed by atoms with Crippen LogP contribution in [-0.2, 0) is 0 Å². The molecule has 1 atom stereocenters. The lowest BCUT2D eigenvalue weighted by Crippen LogP contribution is -2.50. The standard InChI is InChI=1S/C12H20BrN3S/c1-15-8-6-14-9-10(15)5-7-16(2)12-4-3-11(13)17-12/h3-4,10,14H,5-9H2,1-2H3. The molecule has 0 aromatic carbocycles. The average Bonchev–Trinajstić information content (AvgIpc) is 2.74. The molecule has 96 valence electrons. The minimum atomic E-state index is 0.676. The number of hydrogen-bond donors (Lipinski definition) is 1. The fraction of sp³-hybridized carbons (Fsp3) is 0.667. The molecule has 1 N–H and O–H groups in total. The Morgan fingerprint density at radius 2 is 2.41 bits per heavy atom. The van der Waals surface area contributed by atoms with E-state index in [9.17, 15) is 0 Å². The van der Waals surface area contributed by atoms with E-state index in [4.69, 9.17) is 0 Å². The van der Waals surface area contributed by atoms with Crippen molar-refractivity contribution in [1.82, 2.24) is 10.2 Å². The van der Waals surface area contributed by atoms with E-state index in [-0.39, 0.29) is 0 Å². The normalized spacial score (nSPS) is 21.7. The molecule has 5 heteroatoms. The van der Waals surface area contributed by atoms with Gasteiger partial charge in [-0.1, -0.05) is 0 Å². The predicted octanol–water partition coefficient (Wildman–Crippen LogP) is 2.24. The van der Waals surface area contributed by atoms with Crippen LogP contribution in [0.1, 0.15) is 6.42 Å². The SMILES string of the molecule is CN(CCC1CNCCN1C)c1ccc(Br)s1. The van der Waals surface area contributed by atoms with E-state index < -0.39 is 0 Å². The molecule has 2 rings (SSSR count). The van der Waals surface area contributed by atoms with Crippen molar-refractivity contribution in [2.24, 2.45) is 0 Å². The summed E-state index contributed by atoms with van der Waals surface area (Å²) in [6.45, 7) is 4.53. The highest BCUT2D eigenvalue weighted by atomic mass is 79.9. The Labute approximate surface area is 116 Å². The predicted molar refractivity (Wildman–Crippen MR) is 79.2 cm³/mol. The van der Waals surface area contributed by atoms with Crippen LogP contribution in [0.4, 0.5) is 5.00 Å². The van der Waals surface area contributed by atoms with E-state index in [1.807, 2.05) is 0 Å². The van der Waals surface area contributed by atoms with Gasteiger partial charge in [0.1, 0.15) is 0 Å². The van der Waals surface area contributed by atoms with Crippen molar-refractivity contribution in [3.05, 3.63) is 15.9 Å². The third-order valence-electron chi connectivity index (χ3n) is 3.38. The molecule has 1 aromatic rings. The molecule has 0 aliphatic carbocycles. The van der Waals surface area contributed by atoms with Crippen LogP contribution in [-0.4, -0.2) is 51.2 Å². The summed E-state index contributed by atoms with van der Waals surface area (Å²) in [4.78, 5) is 4.81. The van der Waals surface area contributed by atoms with Gasteiger partial charge >= 0.3 is 0 Å². The zero-order valence-corrected chi connectivity index (χ0v) is 12.9. The largest absolute Gasteiger partial charge is 0.366 e. The van der Waals surface area contributed by atoms with Gasteiger partial charge in [0.15, 0.2) is 0 Å². The van der Waals surface area contributed by atoms with Crippen LogP contribution in [0.3, 0.4) is 0 Å². The third kappa shape index (κ3) is 3.68. The van der Waals surface area contributed by atoms with E-state index in [0.29, 0.717) is 6.04 Å². The Morgan fingerprint density at radius 1 is 1.59 bits per heavy atom. The molecule has 1 fully saturated rings. The summed E-state index contributed by atoms with van der Waals surface area (Å²) in [5.41, 5.74) is 0. The molecule has 17 heavy (non-hydrogen) atoms. The molecular weight excluding hydrogens is 298 g/mol. The van der Waals surface area contributed by atoms with Crippen molar-refractivity contribution in [3.63, 3.8) is 0 Å². The highest BCUT2D eigenvalue weighted by Gasteiger charge is 2.18. The Balaban J connectivity index is 1.81. The average molecular weight is 318 g/mol. The highest BCUT2D eigenvalue weighted by molar-refractivity contribution is 9.11. The van der Waals surface area contributed by atoms with E-state index in [2.05, 4.69) is 57.3 Å². The maximum Gasteiger partial charge on any atom is 0.0917 e. The zero-order chi connectivity index (χ0) is 12.3. The lowest BCUT2D eigenvalue weighted by molar-refractivity contribution is 0.192. The van der Waals surface area contributed by atoms with Crippen molar-refractivity contribution >= 4 is 32.3 Å². The van der Waals surface area contributed by atoms with E-state index in [0.717, 1.165) is 19.6 Å². The first-order valence-corrected chi connectivity index (χ1v) is 7.65. The molecule has 0 spiro atoms. The molecule has 1 aromatic heterocycles. The molecule has 3 nitrogen and oxygen atoms in total. The second kappa shape index (κ2) is 6.18. The third-order valence-corrected chi connectivity index (χ3v) is 5.12. The number of anilines is 1. The summed E-state index contributed by atoms with van der Waals surface area (Å²) in [5.74, 6) is 0. The zero-order valence-electron chi connectivity index (χ0n) is 10.4. The maximum atomic E-state index is 3.51. The molecule has 1 unspecified atom stereocenters. The maximum absolute atomic E-state index is 3.51. The van der Waals surface area contributed by atoms with Crippen molar-refractivity contribution in [2.45, 2.75) is 12.5 Å². The van der Waals surface area contributed by atoms with Gasteiger partial charge in [-0.05, 0) is 41.5 Å². The van der Waals surface area contributed by atoms with Crippen molar-refractivity contribution < 1.29 is 0 Å². The van der Waals surface area contributed by atoms with Crippen molar-refractivity contribution in [2.75, 3.05) is 45.2 Å². The summed E-state index contributed by atoms with van der Waals surface area (Å²) in [6.07, 6.45) is 1.22. The molecule has 0 bridgehead atoms. The second-order valence-electron chi connectivity index (χ2n) is 4.63. The molecule has 0 amide bonds. The summed E-state index contributed by atoms with van der Waals surface area (Å²) in [5, 5.41) is 4.80. The lowest BCUT2D eigenvalue weighted by atomic mass is 10.1. The molecule has 1 aliphatic rings. The highest BCUT2D eigenvalue weighted by Crippen LogP contribution is 2.29. The summed E-state index contributed by atoms with van der Waals surface area (Å²) >= 11 is 5.31. The molecule has 1 aliphatic heterocycles. The number of hydrogen-bond acceptors (Lipinski definition) is 4. The molecule has 0 saturated carbocycles.